The number of pyridine rings is 1. The Bertz CT molecular complexity index is 867. The van der Waals surface area contributed by atoms with E-state index in [1.165, 1.54) is 6.07 Å². The Morgan fingerprint density at radius 3 is 2.70 bits per heavy atom. The second-order valence-electron chi connectivity index (χ2n) is 5.18. The van der Waals surface area contributed by atoms with Gasteiger partial charge in [-0.05, 0) is 25.1 Å². The minimum Gasteiger partial charge on any atom is -0.344 e. The summed E-state index contributed by atoms with van der Waals surface area (Å²) in [7, 11) is 0. The van der Waals surface area contributed by atoms with Crippen LogP contribution in [0.1, 0.15) is 29.0 Å². The molecule has 2 heterocycles. The van der Waals surface area contributed by atoms with Crippen LogP contribution in [0.3, 0.4) is 0 Å². The molecule has 116 valence electrons. The smallest absolute Gasteiger partial charge is 0.268 e. The fraction of sp³-hybridized carbons (Fsp3) is 0.118. The lowest BCUT2D eigenvalue weighted by Gasteiger charge is -2.11. The molecular weight excluding hydrogens is 292 g/mol. The summed E-state index contributed by atoms with van der Waals surface area (Å²) in [4.78, 5) is 25.9. The number of H-pyrrole nitrogens is 1. The number of aromatic amines is 1. The predicted molar refractivity (Wildman–Crippen MR) is 86.5 cm³/mol. The fourth-order valence-electron chi connectivity index (χ4n) is 2.22. The van der Waals surface area contributed by atoms with Crippen LogP contribution in [0.2, 0.25) is 0 Å². The zero-order chi connectivity index (χ0) is 16.2. The van der Waals surface area contributed by atoms with Crippen LogP contribution in [0.25, 0.3) is 5.69 Å². The molecule has 0 aliphatic carbocycles. The first-order valence-corrected chi connectivity index (χ1v) is 7.24. The molecular formula is C17H16N4O2. The standard InChI is InChI=1S/C17H16N4O2/c1-12(19-17(23)15-8-5-9-16(22)20-15)13-10-18-21(11-13)14-6-3-2-4-7-14/h2-12H,1H3,(H,19,23)(H,20,22). The Morgan fingerprint density at radius 1 is 1.17 bits per heavy atom. The molecule has 3 aromatic rings. The van der Waals surface area contributed by atoms with Crippen molar-refractivity contribution in [3.63, 3.8) is 0 Å². The average Bonchev–Trinajstić information content (AvgIpc) is 3.06. The van der Waals surface area contributed by atoms with Crippen LogP contribution in [-0.2, 0) is 0 Å². The number of hydrogen-bond acceptors (Lipinski definition) is 3. The van der Waals surface area contributed by atoms with Crippen molar-refractivity contribution in [3.05, 3.63) is 82.5 Å². The molecule has 0 fully saturated rings. The maximum Gasteiger partial charge on any atom is 0.268 e. The summed E-state index contributed by atoms with van der Waals surface area (Å²) in [5, 5.41) is 7.15. The second kappa shape index (κ2) is 6.31. The highest BCUT2D eigenvalue weighted by Crippen LogP contribution is 2.14. The van der Waals surface area contributed by atoms with Crippen molar-refractivity contribution in [2.75, 3.05) is 0 Å². The van der Waals surface area contributed by atoms with Crippen molar-refractivity contribution in [1.29, 1.82) is 0 Å². The van der Waals surface area contributed by atoms with Gasteiger partial charge in [0.25, 0.3) is 5.91 Å². The van der Waals surface area contributed by atoms with E-state index in [0.717, 1.165) is 11.3 Å². The largest absolute Gasteiger partial charge is 0.344 e. The van der Waals surface area contributed by atoms with Gasteiger partial charge in [-0.3, -0.25) is 9.59 Å². The molecule has 23 heavy (non-hydrogen) atoms. The summed E-state index contributed by atoms with van der Waals surface area (Å²) >= 11 is 0. The number of carbonyl (C=O) groups excluding carboxylic acids is 1. The van der Waals surface area contributed by atoms with E-state index in [-0.39, 0.29) is 23.2 Å². The van der Waals surface area contributed by atoms with Crippen molar-refractivity contribution in [3.8, 4) is 5.69 Å². The maximum atomic E-state index is 12.1. The first-order valence-electron chi connectivity index (χ1n) is 7.24. The zero-order valence-electron chi connectivity index (χ0n) is 12.6. The molecule has 2 N–H and O–H groups in total. The van der Waals surface area contributed by atoms with Gasteiger partial charge in [0.2, 0.25) is 5.56 Å². The maximum absolute atomic E-state index is 12.1. The highest BCUT2D eigenvalue weighted by Gasteiger charge is 2.14. The van der Waals surface area contributed by atoms with Gasteiger partial charge in [-0.2, -0.15) is 5.10 Å². The topological polar surface area (TPSA) is 79.8 Å². The minimum atomic E-state index is -0.331. The molecule has 3 rings (SSSR count). The molecule has 1 unspecified atom stereocenters. The molecule has 0 aliphatic heterocycles. The number of nitrogens with zero attached hydrogens (tertiary/aromatic N) is 2. The van der Waals surface area contributed by atoms with Crippen molar-refractivity contribution >= 4 is 5.91 Å². The van der Waals surface area contributed by atoms with Gasteiger partial charge in [0.15, 0.2) is 0 Å². The van der Waals surface area contributed by atoms with Gasteiger partial charge in [0, 0.05) is 17.8 Å². The molecule has 0 saturated carbocycles. The zero-order valence-corrected chi connectivity index (χ0v) is 12.6. The van der Waals surface area contributed by atoms with Crippen LogP contribution in [-0.4, -0.2) is 20.7 Å². The van der Waals surface area contributed by atoms with E-state index in [0.29, 0.717) is 0 Å². The van der Waals surface area contributed by atoms with E-state index in [1.807, 2.05) is 43.5 Å². The Balaban J connectivity index is 1.74. The lowest BCUT2D eigenvalue weighted by atomic mass is 10.2. The molecule has 1 amide bonds. The number of benzene rings is 1. The first kappa shape index (κ1) is 14.8. The normalized spacial score (nSPS) is 11.9. The van der Waals surface area contributed by atoms with Crippen LogP contribution in [0, 0.1) is 0 Å². The Labute approximate surface area is 132 Å². The number of carbonyl (C=O) groups is 1. The molecule has 0 bridgehead atoms. The third-order valence-corrected chi connectivity index (χ3v) is 3.48. The van der Waals surface area contributed by atoms with Crippen molar-refractivity contribution < 1.29 is 4.79 Å². The number of hydrogen-bond donors (Lipinski definition) is 2. The quantitative estimate of drug-likeness (QED) is 0.774. The summed E-state index contributed by atoms with van der Waals surface area (Å²) in [5.41, 5.74) is 1.76. The Morgan fingerprint density at radius 2 is 1.96 bits per heavy atom. The first-order chi connectivity index (χ1) is 11.1. The minimum absolute atomic E-state index is 0.233. The number of aromatic nitrogens is 3. The SMILES string of the molecule is CC(NC(=O)c1cccc(=O)[nH]1)c1cnn(-c2ccccc2)c1. The van der Waals surface area contributed by atoms with Gasteiger partial charge in [0.05, 0.1) is 17.9 Å². The number of para-hydroxylation sites is 1. The highest BCUT2D eigenvalue weighted by atomic mass is 16.2. The monoisotopic (exact) mass is 308 g/mol. The Kier molecular flexibility index (Phi) is 4.05. The van der Waals surface area contributed by atoms with E-state index in [2.05, 4.69) is 15.4 Å². The van der Waals surface area contributed by atoms with E-state index >= 15 is 0 Å². The van der Waals surface area contributed by atoms with E-state index in [9.17, 15) is 9.59 Å². The van der Waals surface area contributed by atoms with Crippen LogP contribution in [0.4, 0.5) is 0 Å². The Hall–Kier alpha value is -3.15. The van der Waals surface area contributed by atoms with Gasteiger partial charge < -0.3 is 10.3 Å². The average molecular weight is 308 g/mol. The molecule has 6 heteroatoms. The fourth-order valence-corrected chi connectivity index (χ4v) is 2.22. The number of rotatable bonds is 4. The summed E-state index contributed by atoms with van der Waals surface area (Å²) in [6.07, 6.45) is 3.58. The molecule has 1 aromatic carbocycles. The van der Waals surface area contributed by atoms with Crippen molar-refractivity contribution in [2.45, 2.75) is 13.0 Å². The molecule has 0 saturated heterocycles. The van der Waals surface area contributed by atoms with Gasteiger partial charge in [-0.25, -0.2) is 4.68 Å². The molecule has 0 spiro atoms. The summed E-state index contributed by atoms with van der Waals surface area (Å²) in [5.74, 6) is -0.331. The molecule has 1 atom stereocenters. The van der Waals surface area contributed by atoms with Gasteiger partial charge >= 0.3 is 0 Å². The lowest BCUT2D eigenvalue weighted by Crippen LogP contribution is -2.28. The van der Waals surface area contributed by atoms with Gasteiger partial charge in [-0.15, -0.1) is 0 Å². The van der Waals surface area contributed by atoms with Crippen LogP contribution in [0.5, 0.6) is 0 Å². The van der Waals surface area contributed by atoms with Crippen molar-refractivity contribution in [1.82, 2.24) is 20.1 Å². The third-order valence-electron chi connectivity index (χ3n) is 3.48. The van der Waals surface area contributed by atoms with Gasteiger partial charge in [-0.1, -0.05) is 24.3 Å². The molecule has 6 nitrogen and oxygen atoms in total. The van der Waals surface area contributed by atoms with Gasteiger partial charge in [0.1, 0.15) is 5.69 Å². The summed E-state index contributed by atoms with van der Waals surface area (Å²) in [6.45, 7) is 1.87. The van der Waals surface area contributed by atoms with Crippen LogP contribution < -0.4 is 10.9 Å². The molecule has 2 aromatic heterocycles. The summed E-state index contributed by atoms with van der Waals surface area (Å²) in [6, 6.07) is 14.0. The third kappa shape index (κ3) is 3.37. The van der Waals surface area contributed by atoms with Crippen LogP contribution in [0.15, 0.2) is 65.7 Å². The summed E-state index contributed by atoms with van der Waals surface area (Å²) < 4.78 is 1.75. The lowest BCUT2D eigenvalue weighted by molar-refractivity contribution is 0.0934. The van der Waals surface area contributed by atoms with Crippen molar-refractivity contribution in [2.24, 2.45) is 0 Å². The highest BCUT2D eigenvalue weighted by molar-refractivity contribution is 5.92. The van der Waals surface area contributed by atoms with E-state index < -0.39 is 0 Å². The number of nitrogens with one attached hydrogen (secondary N) is 2. The van der Waals surface area contributed by atoms with Crippen LogP contribution >= 0.6 is 0 Å². The molecule has 0 radical (unpaired) electrons. The number of amides is 1. The van der Waals surface area contributed by atoms with E-state index in [4.69, 9.17) is 0 Å². The van der Waals surface area contributed by atoms with E-state index in [1.54, 1.807) is 23.0 Å². The molecule has 0 aliphatic rings. The second-order valence-corrected chi connectivity index (χ2v) is 5.18. The predicted octanol–water partition coefficient (Wildman–Crippen LogP) is 2.05.